The number of hydrogen-bond acceptors (Lipinski definition) is 4. The normalized spacial score (nSPS) is 37.0. The molecule has 133 valence electrons. The van der Waals surface area contributed by atoms with Crippen LogP contribution < -0.4 is 4.74 Å². The molecule has 2 aliphatic carbocycles. The summed E-state index contributed by atoms with van der Waals surface area (Å²) in [5, 5.41) is 11.8. The topological polar surface area (TPSA) is 41.9 Å². The second-order valence-electron chi connectivity index (χ2n) is 7.54. The summed E-state index contributed by atoms with van der Waals surface area (Å²) in [5.74, 6) is 1.72. The summed E-state index contributed by atoms with van der Waals surface area (Å²) in [4.78, 5) is 2.31. The molecule has 1 saturated heterocycles. The van der Waals surface area contributed by atoms with E-state index >= 15 is 0 Å². The number of nitrogens with zero attached hydrogens (tertiary/aromatic N) is 1. The van der Waals surface area contributed by atoms with Crippen LogP contribution in [-0.2, 0) is 49.3 Å². The van der Waals surface area contributed by atoms with Crippen LogP contribution in [0.15, 0.2) is 24.0 Å². The van der Waals surface area contributed by atoms with Gasteiger partial charge in [-0.1, -0.05) is 12.1 Å². The zero-order valence-corrected chi connectivity index (χ0v) is 18.0. The Morgan fingerprint density at radius 1 is 1.40 bits per heavy atom. The molecule has 25 heavy (non-hydrogen) atoms. The van der Waals surface area contributed by atoms with Crippen molar-refractivity contribution in [2.45, 2.75) is 49.3 Å². The number of hydrogen-bond donors (Lipinski definition) is 1. The zero-order valence-electron chi connectivity index (χ0n) is 15.2. The zero-order chi connectivity index (χ0) is 16.0. The smallest absolute Gasteiger partial charge is 0.165 e. The van der Waals surface area contributed by atoms with Crippen molar-refractivity contribution in [3.63, 3.8) is 0 Å². The first-order valence-electron chi connectivity index (χ1n) is 8.37. The molecule has 2 bridgehead atoms. The van der Waals surface area contributed by atoms with Gasteiger partial charge in [-0.05, 0) is 50.6 Å². The Hall–Kier alpha value is -0.416. The molecule has 1 aromatic carbocycles. The summed E-state index contributed by atoms with van der Waals surface area (Å²) in [6.45, 7) is 3.04. The molecule has 1 fully saturated rings. The van der Waals surface area contributed by atoms with E-state index in [1.165, 1.54) is 11.1 Å². The Balaban J connectivity index is 0.000000911. The minimum atomic E-state index is -0.807. The summed E-state index contributed by atoms with van der Waals surface area (Å²) in [7, 11) is 5.74. The molecule has 0 aromatic heterocycles. The molecule has 2 aliphatic heterocycles. The molecule has 0 saturated carbocycles. The number of likely N-dealkylation sites (tertiary alicyclic amines) is 1. The van der Waals surface area contributed by atoms with Gasteiger partial charge < -0.3 is 26.9 Å². The summed E-state index contributed by atoms with van der Waals surface area (Å²) in [5.41, 5.74) is 2.48. The quantitative estimate of drug-likeness (QED) is 0.715. The number of rotatable bonds is 1. The maximum Gasteiger partial charge on any atom is 0.165 e. The molecule has 4 nitrogen and oxygen atoms in total. The van der Waals surface area contributed by atoms with Crippen LogP contribution >= 0.6 is 0 Å². The Bertz CT molecular complexity index is 749. The standard InChI is InChI=1S/C19H22NO3.CH3.Y/c1-11-4-5-12-10-14-19(21)7-6-13(22-3)17-18(19,8-9-20(14)2)15(12)16(11)23-17;;/h4-6,14,17,21H,3,7-10H2,1-2H3;1H3;/q2*-1;. The van der Waals surface area contributed by atoms with Crippen LogP contribution in [0, 0.1) is 21.5 Å². The van der Waals surface area contributed by atoms with Crippen LogP contribution in [0.25, 0.3) is 0 Å². The van der Waals surface area contributed by atoms with Crippen LogP contribution in [0.1, 0.15) is 29.5 Å². The van der Waals surface area contributed by atoms with E-state index in [4.69, 9.17) is 9.47 Å². The Morgan fingerprint density at radius 2 is 2.16 bits per heavy atom. The average Bonchev–Trinajstić information content (AvgIpc) is 2.89. The second-order valence-corrected chi connectivity index (χ2v) is 7.54. The fourth-order valence-corrected chi connectivity index (χ4v) is 5.62. The minimum Gasteiger partial charge on any atom is -0.666 e. The van der Waals surface area contributed by atoms with Gasteiger partial charge in [0.05, 0.1) is 16.8 Å². The van der Waals surface area contributed by atoms with Crippen molar-refractivity contribution in [3.05, 3.63) is 55.2 Å². The SMILES string of the molecule is [CH2-]OC1=CCC2(O)C3Cc4ccc(C)c5c4C2(CCN3C)C1O5.[CH3-].[Y]. The van der Waals surface area contributed by atoms with Gasteiger partial charge >= 0.3 is 0 Å². The van der Waals surface area contributed by atoms with Crippen LogP contribution in [0.5, 0.6) is 5.75 Å². The molecule has 0 amide bonds. The van der Waals surface area contributed by atoms with Gasteiger partial charge in [-0.3, -0.25) is 0 Å². The van der Waals surface area contributed by atoms with Gasteiger partial charge in [0.25, 0.3) is 0 Å². The summed E-state index contributed by atoms with van der Waals surface area (Å²) < 4.78 is 11.8. The van der Waals surface area contributed by atoms with Crippen LogP contribution in [-0.4, -0.2) is 41.3 Å². The van der Waals surface area contributed by atoms with Gasteiger partial charge in [-0.2, -0.15) is 7.11 Å². The third kappa shape index (κ3) is 2.03. The minimum absolute atomic E-state index is 0. The summed E-state index contributed by atoms with van der Waals surface area (Å²) in [6, 6.07) is 4.47. The molecule has 4 atom stereocenters. The van der Waals surface area contributed by atoms with E-state index in [9.17, 15) is 5.11 Å². The Labute approximate surface area is 175 Å². The predicted molar refractivity (Wildman–Crippen MR) is 92.5 cm³/mol. The molecule has 4 aliphatic rings. The van der Waals surface area contributed by atoms with Crippen molar-refractivity contribution in [1.29, 1.82) is 0 Å². The van der Waals surface area contributed by atoms with Crippen LogP contribution in [0.3, 0.4) is 0 Å². The van der Waals surface area contributed by atoms with Gasteiger partial charge in [0, 0.05) is 50.7 Å². The van der Waals surface area contributed by atoms with Gasteiger partial charge in [-0.25, -0.2) is 0 Å². The van der Waals surface area contributed by atoms with Crippen LogP contribution in [0.2, 0.25) is 0 Å². The first-order chi connectivity index (χ1) is 11.0. The summed E-state index contributed by atoms with van der Waals surface area (Å²) >= 11 is 0. The molecular formula is C20H25NO3Y-2. The second kappa shape index (κ2) is 6.05. The van der Waals surface area contributed by atoms with E-state index in [1.807, 2.05) is 6.08 Å². The molecule has 4 unspecified atom stereocenters. The third-order valence-corrected chi connectivity index (χ3v) is 6.74. The maximum absolute atomic E-state index is 11.8. The molecular weight excluding hydrogens is 391 g/mol. The van der Waals surface area contributed by atoms with Crippen molar-refractivity contribution in [3.8, 4) is 5.75 Å². The Kier molecular flexibility index (Phi) is 4.68. The molecule has 1 spiro atoms. The van der Waals surface area contributed by atoms with Crippen molar-refractivity contribution < 1.29 is 47.3 Å². The van der Waals surface area contributed by atoms with E-state index in [1.54, 1.807) is 0 Å². The van der Waals surface area contributed by atoms with Crippen molar-refractivity contribution >= 4 is 0 Å². The number of aliphatic hydroxyl groups is 1. The molecule has 1 aromatic rings. The van der Waals surface area contributed by atoms with E-state index in [2.05, 4.69) is 38.1 Å². The van der Waals surface area contributed by atoms with Gasteiger partial charge in [0.15, 0.2) is 6.10 Å². The fourth-order valence-electron chi connectivity index (χ4n) is 5.62. The summed E-state index contributed by atoms with van der Waals surface area (Å²) in [6.07, 6.45) is 4.08. The fraction of sp³-hybridized carbons (Fsp3) is 0.500. The van der Waals surface area contributed by atoms with Crippen LogP contribution in [0.4, 0.5) is 0 Å². The number of piperidine rings is 1. The van der Waals surface area contributed by atoms with E-state index in [0.717, 1.165) is 36.5 Å². The number of ether oxygens (including phenoxy) is 2. The van der Waals surface area contributed by atoms with E-state index in [-0.39, 0.29) is 52.3 Å². The van der Waals surface area contributed by atoms with Crippen molar-refractivity contribution in [2.75, 3.05) is 13.6 Å². The van der Waals surface area contributed by atoms with Crippen molar-refractivity contribution in [1.82, 2.24) is 4.90 Å². The van der Waals surface area contributed by atoms with Gasteiger partial charge in [0.2, 0.25) is 0 Å². The third-order valence-electron chi connectivity index (χ3n) is 6.74. The number of likely N-dealkylation sites (N-methyl/N-ethyl adjacent to an activating group) is 1. The molecule has 5 rings (SSSR count). The average molecular weight is 416 g/mol. The first-order valence-corrected chi connectivity index (χ1v) is 8.37. The monoisotopic (exact) mass is 416 g/mol. The van der Waals surface area contributed by atoms with Gasteiger partial charge in [-0.15, -0.1) is 0 Å². The molecule has 5 heteroatoms. The van der Waals surface area contributed by atoms with Crippen molar-refractivity contribution in [2.24, 2.45) is 0 Å². The number of aryl methyl sites for hydroxylation is 1. The largest absolute Gasteiger partial charge is 0.666 e. The molecule has 1 N–H and O–H groups in total. The molecule has 1 radical (unpaired) electrons. The maximum atomic E-state index is 11.8. The van der Waals surface area contributed by atoms with Gasteiger partial charge in [0.1, 0.15) is 5.75 Å². The van der Waals surface area contributed by atoms with E-state index < -0.39 is 11.0 Å². The molecule has 2 heterocycles. The first kappa shape index (κ1) is 19.3. The van der Waals surface area contributed by atoms with E-state index in [0.29, 0.717) is 6.42 Å². The predicted octanol–water partition coefficient (Wildman–Crippen LogP) is 2.53. The number of benzene rings is 1. The Morgan fingerprint density at radius 3 is 2.88 bits per heavy atom.